The number of nitrogens with zero attached hydrogens (tertiary/aromatic N) is 1. The average molecular weight is 195 g/mol. The molecule has 0 bridgehead atoms. The minimum atomic E-state index is -0.218. The molecule has 0 fully saturated rings. The largest absolute Gasteiger partial charge is 0.480 e. The van der Waals surface area contributed by atoms with Gasteiger partial charge in [-0.25, -0.2) is 0 Å². The fourth-order valence-electron chi connectivity index (χ4n) is 0.819. The summed E-state index contributed by atoms with van der Waals surface area (Å²) < 4.78 is 4.02. The van der Waals surface area contributed by atoms with Gasteiger partial charge >= 0.3 is 8.05 Å². The maximum absolute atomic E-state index is 11.3. The quantitative estimate of drug-likeness (QED) is 0.361. The molecule has 0 N–H and O–H groups in total. The van der Waals surface area contributed by atoms with Crippen LogP contribution < -0.4 is 0 Å². The van der Waals surface area contributed by atoms with E-state index in [2.05, 4.69) is 9.91 Å². The van der Waals surface area contributed by atoms with Crippen LogP contribution in [0.1, 0.15) is 33.6 Å². The second-order valence-electron chi connectivity index (χ2n) is 3.22. The minimum Gasteiger partial charge on any atom is -0.480 e. The Balaban J connectivity index is 4.47. The summed E-state index contributed by atoms with van der Waals surface area (Å²) in [7, 11) is 4.72. The van der Waals surface area contributed by atoms with Gasteiger partial charge in [0.05, 0.1) is 6.42 Å². The van der Waals surface area contributed by atoms with E-state index in [1.807, 2.05) is 0 Å². The second-order valence-corrected chi connectivity index (χ2v) is 3.22. The molecule has 0 unspecified atom stereocenters. The van der Waals surface area contributed by atoms with Crippen molar-refractivity contribution in [3.8, 4) is 0 Å². The van der Waals surface area contributed by atoms with Crippen molar-refractivity contribution in [2.45, 2.75) is 33.6 Å². The number of Topliss-reactive ketones (excluding diaryl/α,β-unsaturated/α-hetero) is 2. The molecule has 0 saturated heterocycles. The van der Waals surface area contributed by atoms with Crippen molar-refractivity contribution in [1.29, 1.82) is 0 Å². The molecule has 0 atom stereocenters. The first-order chi connectivity index (χ1) is 6.52. The Morgan fingerprint density at radius 2 is 2.00 bits per heavy atom. The lowest BCUT2D eigenvalue weighted by atomic mass is 10.0. The van der Waals surface area contributed by atoms with Crippen LogP contribution in [0.3, 0.4) is 0 Å². The molecular weight excluding hydrogens is 181 g/mol. The molecule has 0 aromatic rings. The second kappa shape index (κ2) is 6.35. The molecule has 14 heavy (non-hydrogen) atoms. The molecule has 0 amide bonds. The summed E-state index contributed by atoms with van der Waals surface area (Å²) in [5.74, 6) is -0.394. The van der Waals surface area contributed by atoms with Crippen LogP contribution in [-0.4, -0.2) is 25.3 Å². The maximum Gasteiger partial charge on any atom is 0.420 e. The van der Waals surface area contributed by atoms with Crippen LogP contribution >= 0.6 is 0 Å². The van der Waals surface area contributed by atoms with E-state index in [0.717, 1.165) is 0 Å². The maximum atomic E-state index is 11.3. The van der Waals surface area contributed by atoms with E-state index < -0.39 is 0 Å². The number of hydrogen-bond donors (Lipinski definition) is 0. The van der Waals surface area contributed by atoms with Crippen LogP contribution in [0.15, 0.2) is 5.16 Å². The molecule has 0 heterocycles. The summed E-state index contributed by atoms with van der Waals surface area (Å²) in [6, 6.07) is 0. The first kappa shape index (κ1) is 12.9. The Bertz CT molecular complexity index is 248. The molecule has 0 aliphatic carbocycles. The van der Waals surface area contributed by atoms with Gasteiger partial charge in [-0.05, 0) is 0 Å². The van der Waals surface area contributed by atoms with Crippen molar-refractivity contribution in [2.75, 3.05) is 0 Å². The molecule has 0 aromatic heterocycles. The van der Waals surface area contributed by atoms with Gasteiger partial charge in [0.2, 0.25) is 0 Å². The number of carbonyl (C=O) groups is 2. The van der Waals surface area contributed by atoms with E-state index in [1.54, 1.807) is 20.8 Å². The summed E-state index contributed by atoms with van der Waals surface area (Å²) >= 11 is 0. The van der Waals surface area contributed by atoms with Crippen molar-refractivity contribution in [3.63, 3.8) is 0 Å². The average Bonchev–Trinajstić information content (AvgIpc) is 2.15. The van der Waals surface area contributed by atoms with E-state index in [4.69, 9.17) is 8.05 Å². The highest BCUT2D eigenvalue weighted by molar-refractivity contribution is 6.42. The van der Waals surface area contributed by atoms with E-state index in [-0.39, 0.29) is 36.0 Å². The smallest absolute Gasteiger partial charge is 0.420 e. The van der Waals surface area contributed by atoms with Gasteiger partial charge in [-0.15, -0.1) is 5.16 Å². The van der Waals surface area contributed by atoms with E-state index >= 15 is 0 Å². The monoisotopic (exact) mass is 195 g/mol. The molecule has 76 valence electrons. The number of carbonyl (C=O) groups excluding carboxylic acids is 2. The van der Waals surface area contributed by atoms with E-state index in [1.165, 1.54) is 0 Å². The van der Waals surface area contributed by atoms with Gasteiger partial charge in [-0.2, -0.15) is 0 Å². The Hall–Kier alpha value is -1.13. The van der Waals surface area contributed by atoms with Crippen molar-refractivity contribution in [2.24, 2.45) is 11.1 Å². The molecule has 0 aliphatic heterocycles. The van der Waals surface area contributed by atoms with E-state index in [0.29, 0.717) is 0 Å². The van der Waals surface area contributed by atoms with Crippen molar-refractivity contribution in [1.82, 2.24) is 0 Å². The molecule has 2 radical (unpaired) electrons. The first-order valence-electron chi connectivity index (χ1n) is 4.51. The molecule has 0 spiro atoms. The van der Waals surface area contributed by atoms with Crippen LogP contribution in [0.25, 0.3) is 0 Å². The van der Waals surface area contributed by atoms with Gasteiger partial charge in [0.25, 0.3) is 0 Å². The minimum absolute atomic E-state index is 0.0124. The predicted molar refractivity (Wildman–Crippen MR) is 54.0 cm³/mol. The van der Waals surface area contributed by atoms with Crippen LogP contribution in [0.5, 0.6) is 0 Å². The van der Waals surface area contributed by atoms with Crippen LogP contribution in [0.2, 0.25) is 0 Å². The Morgan fingerprint density at radius 3 is 2.36 bits per heavy atom. The van der Waals surface area contributed by atoms with Gasteiger partial charge in [0.15, 0.2) is 5.78 Å². The van der Waals surface area contributed by atoms with Crippen LogP contribution in [0.4, 0.5) is 0 Å². The third-order valence-electron chi connectivity index (χ3n) is 1.79. The molecule has 0 aromatic carbocycles. The molecule has 0 aliphatic rings. The van der Waals surface area contributed by atoms with Gasteiger partial charge in [-0.1, -0.05) is 20.8 Å². The zero-order valence-electron chi connectivity index (χ0n) is 8.74. The van der Waals surface area contributed by atoms with Gasteiger partial charge in [0, 0.05) is 12.3 Å². The topological polar surface area (TPSA) is 55.7 Å². The number of hydrogen-bond acceptors (Lipinski definition) is 4. The van der Waals surface area contributed by atoms with Crippen molar-refractivity contribution >= 4 is 25.3 Å². The Labute approximate surface area is 85.1 Å². The lowest BCUT2D eigenvalue weighted by Gasteiger charge is -2.05. The zero-order chi connectivity index (χ0) is 11.1. The summed E-state index contributed by atoms with van der Waals surface area (Å²) in [4.78, 5) is 22.6. The van der Waals surface area contributed by atoms with Crippen molar-refractivity contribution in [3.05, 3.63) is 0 Å². The van der Waals surface area contributed by atoms with Gasteiger partial charge in [0.1, 0.15) is 11.5 Å². The fraction of sp³-hybridized carbons (Fsp3) is 0.667. The van der Waals surface area contributed by atoms with Gasteiger partial charge < -0.3 is 4.76 Å². The standard InChI is InChI=1S/C9H14BNO3/c1-4-8(12)7(11-14-10)5-9(13)6(2)3/h6H,4-5H2,1-3H3/b11-7-. The SMILES string of the molecule is [B]O/N=C(/CC(=O)C(C)C)C(=O)CC. The number of rotatable bonds is 6. The highest BCUT2D eigenvalue weighted by atomic mass is 16.6. The fourth-order valence-corrected chi connectivity index (χ4v) is 0.819. The molecule has 4 nitrogen and oxygen atoms in total. The van der Waals surface area contributed by atoms with Crippen molar-refractivity contribution < 1.29 is 14.3 Å². The zero-order valence-corrected chi connectivity index (χ0v) is 8.74. The first-order valence-corrected chi connectivity index (χ1v) is 4.51. The number of ketones is 2. The normalized spacial score (nSPS) is 11.6. The third-order valence-corrected chi connectivity index (χ3v) is 1.79. The van der Waals surface area contributed by atoms with E-state index in [9.17, 15) is 9.59 Å². The number of oxime groups is 1. The Morgan fingerprint density at radius 1 is 1.43 bits per heavy atom. The molecule has 5 heteroatoms. The third kappa shape index (κ3) is 4.21. The summed E-state index contributed by atoms with van der Waals surface area (Å²) in [6.07, 6.45) is 0.273. The highest BCUT2D eigenvalue weighted by Gasteiger charge is 2.16. The lowest BCUT2D eigenvalue weighted by molar-refractivity contribution is -0.121. The summed E-state index contributed by atoms with van der Waals surface area (Å²) in [5.41, 5.74) is 0.0914. The predicted octanol–water partition coefficient (Wildman–Crippen LogP) is 1.04. The highest BCUT2D eigenvalue weighted by Crippen LogP contribution is 2.02. The summed E-state index contributed by atoms with van der Waals surface area (Å²) in [6.45, 7) is 5.22. The molecule has 0 saturated carbocycles. The molecular formula is C9H14BNO3. The lowest BCUT2D eigenvalue weighted by Crippen LogP contribution is -2.20. The van der Waals surface area contributed by atoms with Crippen LogP contribution in [0, 0.1) is 5.92 Å². The Kier molecular flexibility index (Phi) is 5.84. The van der Waals surface area contributed by atoms with Gasteiger partial charge in [-0.3, -0.25) is 9.59 Å². The summed E-state index contributed by atoms with van der Waals surface area (Å²) in [5, 5.41) is 3.34. The van der Waals surface area contributed by atoms with Crippen LogP contribution in [-0.2, 0) is 14.3 Å². The molecule has 0 rings (SSSR count).